The third-order valence-corrected chi connectivity index (χ3v) is 4.21. The quantitative estimate of drug-likeness (QED) is 0.783. The topological polar surface area (TPSA) is 70.4 Å². The molecule has 1 atom stereocenters. The lowest BCUT2D eigenvalue weighted by atomic mass is 9.92. The van der Waals surface area contributed by atoms with E-state index in [-0.39, 0.29) is 12.5 Å². The Morgan fingerprint density at radius 1 is 1.50 bits per heavy atom. The van der Waals surface area contributed by atoms with E-state index in [1.165, 1.54) is 0 Å². The molecule has 0 aromatic heterocycles. The number of amides is 1. The maximum atomic E-state index is 12.7. The highest BCUT2D eigenvalue weighted by atomic mass is 16.5. The molecule has 0 bridgehead atoms. The van der Waals surface area contributed by atoms with Crippen LogP contribution in [0.3, 0.4) is 0 Å². The van der Waals surface area contributed by atoms with Crippen LogP contribution in [0.15, 0.2) is 23.8 Å². The Hall–Kier alpha value is -2.61. The normalized spacial score (nSPS) is 19.6. The molecular weight excluding hydrogens is 280 g/mol. The van der Waals surface area contributed by atoms with Crippen molar-refractivity contribution in [1.82, 2.24) is 0 Å². The number of esters is 1. The molecule has 0 saturated heterocycles. The first-order chi connectivity index (χ1) is 10.6. The fraction of sp³-hybridized carbons (Fsp3) is 0.353. The van der Waals surface area contributed by atoms with E-state index in [1.807, 2.05) is 24.3 Å². The minimum atomic E-state index is -0.947. The zero-order valence-corrected chi connectivity index (χ0v) is 12.5. The minimum absolute atomic E-state index is 0.250. The van der Waals surface area contributed by atoms with E-state index in [1.54, 1.807) is 18.7 Å². The van der Waals surface area contributed by atoms with Crippen molar-refractivity contribution in [3.8, 4) is 6.07 Å². The number of carbonyl (C=O) groups is 2. The lowest BCUT2D eigenvalue weighted by Gasteiger charge is -2.19. The molecule has 0 radical (unpaired) electrons. The summed E-state index contributed by atoms with van der Waals surface area (Å²) < 4.78 is 5.15. The van der Waals surface area contributed by atoms with Crippen LogP contribution in [-0.2, 0) is 20.7 Å². The molecule has 5 heteroatoms. The first-order valence-electron chi connectivity index (χ1n) is 7.31. The van der Waals surface area contributed by atoms with Crippen LogP contribution >= 0.6 is 0 Å². The van der Waals surface area contributed by atoms with Gasteiger partial charge in [-0.2, -0.15) is 5.26 Å². The highest BCUT2D eigenvalue weighted by molar-refractivity contribution is 6.23. The number of nitriles is 1. The van der Waals surface area contributed by atoms with Crippen molar-refractivity contribution in [1.29, 1.82) is 5.26 Å². The number of hydrogen-bond donors (Lipinski definition) is 0. The molecule has 0 saturated carbocycles. The van der Waals surface area contributed by atoms with Gasteiger partial charge in [-0.05, 0) is 31.4 Å². The molecule has 1 aromatic rings. The summed E-state index contributed by atoms with van der Waals surface area (Å²) in [5, 5.41) is 9.41. The minimum Gasteiger partial charge on any atom is -0.462 e. The van der Waals surface area contributed by atoms with E-state index in [2.05, 4.69) is 0 Å². The molecule has 1 amide bonds. The van der Waals surface area contributed by atoms with Crippen molar-refractivity contribution in [3.05, 3.63) is 34.9 Å². The van der Waals surface area contributed by atoms with E-state index in [4.69, 9.17) is 4.74 Å². The van der Waals surface area contributed by atoms with Gasteiger partial charge >= 0.3 is 5.97 Å². The van der Waals surface area contributed by atoms with Crippen molar-refractivity contribution in [2.75, 3.05) is 18.1 Å². The number of rotatable bonds is 2. The molecular formula is C17H16N2O3. The van der Waals surface area contributed by atoms with Crippen LogP contribution in [0.1, 0.15) is 25.0 Å². The molecule has 2 heterocycles. The molecule has 3 rings (SSSR count). The number of benzene rings is 1. The van der Waals surface area contributed by atoms with E-state index in [0.29, 0.717) is 23.3 Å². The summed E-state index contributed by atoms with van der Waals surface area (Å²) in [6.45, 7) is 4.20. The lowest BCUT2D eigenvalue weighted by Crippen LogP contribution is -2.34. The molecule has 0 aliphatic carbocycles. The van der Waals surface area contributed by atoms with Gasteiger partial charge in [0.2, 0.25) is 5.91 Å². The van der Waals surface area contributed by atoms with Gasteiger partial charge < -0.3 is 9.64 Å². The molecule has 2 aliphatic heterocycles. The predicted molar refractivity (Wildman–Crippen MR) is 80.8 cm³/mol. The number of nitrogens with zero attached hydrogens (tertiary/aromatic N) is 2. The Balaban J connectivity index is 2.29. The molecule has 0 fully saturated rings. The van der Waals surface area contributed by atoms with Crippen molar-refractivity contribution in [2.45, 2.75) is 20.3 Å². The average Bonchev–Trinajstić information content (AvgIpc) is 2.89. The second-order valence-electron chi connectivity index (χ2n) is 5.39. The van der Waals surface area contributed by atoms with Crippen LogP contribution in [0.2, 0.25) is 0 Å². The third-order valence-electron chi connectivity index (χ3n) is 4.21. The standard InChI is InChI=1S/C17H16N2O3/c1-3-22-17(21)14-10(2)13(9-18)16(20)19-8-7-11-5-4-6-12(14)15(11)19/h4-6,13H,3,7-8H2,1-2H3. The second kappa shape index (κ2) is 5.30. The molecule has 5 nitrogen and oxygen atoms in total. The van der Waals surface area contributed by atoms with Crippen molar-refractivity contribution in [3.63, 3.8) is 0 Å². The van der Waals surface area contributed by atoms with E-state index in [9.17, 15) is 14.9 Å². The Bertz CT molecular complexity index is 743. The smallest absolute Gasteiger partial charge is 0.338 e. The van der Waals surface area contributed by atoms with Crippen LogP contribution in [0.5, 0.6) is 0 Å². The van der Waals surface area contributed by atoms with Crippen molar-refractivity contribution < 1.29 is 14.3 Å². The number of anilines is 1. The van der Waals surface area contributed by atoms with Gasteiger partial charge in [-0.3, -0.25) is 4.79 Å². The van der Waals surface area contributed by atoms with Crippen LogP contribution in [0.25, 0.3) is 5.57 Å². The summed E-state index contributed by atoms with van der Waals surface area (Å²) in [7, 11) is 0. The molecule has 22 heavy (non-hydrogen) atoms. The van der Waals surface area contributed by atoms with E-state index >= 15 is 0 Å². The van der Waals surface area contributed by atoms with Gasteiger partial charge in [0.1, 0.15) is 5.92 Å². The molecule has 0 N–H and O–H groups in total. The number of para-hydroxylation sites is 1. The monoisotopic (exact) mass is 296 g/mol. The molecule has 1 unspecified atom stereocenters. The van der Waals surface area contributed by atoms with Gasteiger partial charge in [-0.15, -0.1) is 0 Å². The number of hydrogen-bond acceptors (Lipinski definition) is 4. The summed E-state index contributed by atoms with van der Waals surface area (Å²) in [6.07, 6.45) is 0.738. The average molecular weight is 296 g/mol. The molecule has 2 aliphatic rings. The summed E-state index contributed by atoms with van der Waals surface area (Å²) in [5.41, 5.74) is 3.29. The van der Waals surface area contributed by atoms with E-state index in [0.717, 1.165) is 17.7 Å². The highest BCUT2D eigenvalue weighted by Crippen LogP contribution is 2.42. The lowest BCUT2D eigenvalue weighted by molar-refractivity contribution is -0.136. The SMILES string of the molecule is CCOC(=O)C1=C(C)C(C#N)C(=O)N2CCc3cccc1c32. The van der Waals surface area contributed by atoms with Gasteiger partial charge in [0.15, 0.2) is 0 Å². The maximum absolute atomic E-state index is 12.7. The first-order valence-corrected chi connectivity index (χ1v) is 7.31. The summed E-state index contributed by atoms with van der Waals surface area (Å²) in [5.74, 6) is -1.68. The zero-order valence-electron chi connectivity index (χ0n) is 12.5. The fourth-order valence-corrected chi connectivity index (χ4v) is 3.20. The van der Waals surface area contributed by atoms with Crippen LogP contribution in [0.4, 0.5) is 5.69 Å². The van der Waals surface area contributed by atoms with Gasteiger partial charge in [-0.1, -0.05) is 18.2 Å². The Labute approximate surface area is 128 Å². The van der Waals surface area contributed by atoms with Crippen LogP contribution in [0, 0.1) is 17.2 Å². The highest BCUT2D eigenvalue weighted by Gasteiger charge is 2.39. The molecule has 0 spiro atoms. The predicted octanol–water partition coefficient (Wildman–Crippen LogP) is 2.07. The fourth-order valence-electron chi connectivity index (χ4n) is 3.20. The van der Waals surface area contributed by atoms with E-state index < -0.39 is 11.9 Å². The Morgan fingerprint density at radius 3 is 2.95 bits per heavy atom. The van der Waals surface area contributed by atoms with Crippen LogP contribution in [-0.4, -0.2) is 25.0 Å². The maximum Gasteiger partial charge on any atom is 0.338 e. The van der Waals surface area contributed by atoms with Crippen LogP contribution < -0.4 is 4.90 Å². The molecule has 1 aromatic carbocycles. The zero-order chi connectivity index (χ0) is 15.9. The summed E-state index contributed by atoms with van der Waals surface area (Å²) in [6, 6.07) is 7.69. The largest absolute Gasteiger partial charge is 0.462 e. The van der Waals surface area contributed by atoms with Gasteiger partial charge in [0, 0.05) is 12.1 Å². The Kier molecular flexibility index (Phi) is 3.45. The number of carbonyl (C=O) groups excluding carboxylic acids is 2. The second-order valence-corrected chi connectivity index (χ2v) is 5.39. The van der Waals surface area contributed by atoms with Gasteiger partial charge in [0.05, 0.1) is 23.9 Å². The van der Waals surface area contributed by atoms with Crippen molar-refractivity contribution >= 4 is 23.1 Å². The summed E-state index contributed by atoms with van der Waals surface area (Å²) in [4.78, 5) is 26.7. The third kappa shape index (κ3) is 1.92. The summed E-state index contributed by atoms with van der Waals surface area (Å²) >= 11 is 0. The Morgan fingerprint density at radius 2 is 2.27 bits per heavy atom. The van der Waals surface area contributed by atoms with Crippen molar-refractivity contribution in [2.24, 2.45) is 5.92 Å². The number of ether oxygens (including phenoxy) is 1. The molecule has 112 valence electrons. The van der Waals surface area contributed by atoms with Gasteiger partial charge in [-0.25, -0.2) is 4.79 Å². The van der Waals surface area contributed by atoms with Gasteiger partial charge in [0.25, 0.3) is 0 Å². The first kappa shape index (κ1) is 14.3.